The van der Waals surface area contributed by atoms with Crippen molar-refractivity contribution in [3.05, 3.63) is 41.8 Å². The summed E-state index contributed by atoms with van der Waals surface area (Å²) in [5.41, 5.74) is 5.49. The SMILES string of the molecule is NCc1cc(S(=O)(=O)NCCc2ncno2)ccc1F. The molecule has 0 unspecified atom stereocenters. The minimum atomic E-state index is -3.72. The van der Waals surface area contributed by atoms with E-state index in [-0.39, 0.29) is 30.0 Å². The van der Waals surface area contributed by atoms with Crippen LogP contribution in [-0.4, -0.2) is 25.1 Å². The van der Waals surface area contributed by atoms with Crippen LogP contribution in [0.25, 0.3) is 0 Å². The smallest absolute Gasteiger partial charge is 0.240 e. The molecule has 0 radical (unpaired) electrons. The Balaban J connectivity index is 2.06. The molecule has 3 N–H and O–H groups in total. The highest BCUT2D eigenvalue weighted by Crippen LogP contribution is 2.14. The Bertz CT molecular complexity index is 673. The second kappa shape index (κ2) is 6.07. The molecule has 9 heteroatoms. The molecule has 0 saturated heterocycles. The van der Waals surface area contributed by atoms with E-state index in [1.54, 1.807) is 0 Å². The van der Waals surface area contributed by atoms with Gasteiger partial charge in [0.2, 0.25) is 15.9 Å². The first-order valence-corrected chi connectivity index (χ1v) is 7.25. The summed E-state index contributed by atoms with van der Waals surface area (Å²) >= 11 is 0. The van der Waals surface area contributed by atoms with E-state index >= 15 is 0 Å². The molecule has 2 rings (SSSR count). The van der Waals surface area contributed by atoms with Crippen LogP contribution in [0.15, 0.2) is 33.9 Å². The van der Waals surface area contributed by atoms with E-state index in [2.05, 4.69) is 14.9 Å². The molecule has 0 aliphatic rings. The van der Waals surface area contributed by atoms with E-state index in [9.17, 15) is 12.8 Å². The van der Waals surface area contributed by atoms with Crippen molar-refractivity contribution in [2.75, 3.05) is 6.54 Å². The number of nitrogens with one attached hydrogen (secondary N) is 1. The standard InChI is InChI=1S/C11H13FN4O3S/c12-10-2-1-9(5-8(10)6-13)20(17,18)16-4-3-11-14-7-15-19-11/h1-2,5,7,16H,3-4,6,13H2. The topological polar surface area (TPSA) is 111 Å². The molecule has 2 aromatic rings. The van der Waals surface area contributed by atoms with Gasteiger partial charge in [-0.25, -0.2) is 17.5 Å². The van der Waals surface area contributed by atoms with Gasteiger partial charge in [-0.3, -0.25) is 0 Å². The molecular formula is C11H13FN4O3S. The molecule has 7 nitrogen and oxygen atoms in total. The van der Waals surface area contributed by atoms with E-state index in [0.29, 0.717) is 5.89 Å². The van der Waals surface area contributed by atoms with Crippen molar-refractivity contribution in [2.45, 2.75) is 17.9 Å². The van der Waals surface area contributed by atoms with E-state index in [1.165, 1.54) is 18.5 Å². The number of benzene rings is 1. The van der Waals surface area contributed by atoms with E-state index in [0.717, 1.165) is 6.07 Å². The van der Waals surface area contributed by atoms with Crippen LogP contribution >= 0.6 is 0 Å². The minimum Gasteiger partial charge on any atom is -0.340 e. The predicted octanol–water partition coefficient (Wildman–Crippen LogP) is 0.188. The van der Waals surface area contributed by atoms with Crippen LogP contribution in [0.5, 0.6) is 0 Å². The first-order valence-electron chi connectivity index (χ1n) is 5.76. The second-order valence-corrected chi connectivity index (χ2v) is 5.71. The van der Waals surface area contributed by atoms with Crippen LogP contribution in [0.1, 0.15) is 11.5 Å². The highest BCUT2D eigenvalue weighted by Gasteiger charge is 2.15. The average molecular weight is 300 g/mol. The molecular weight excluding hydrogens is 287 g/mol. The Morgan fingerprint density at radius 3 is 2.85 bits per heavy atom. The van der Waals surface area contributed by atoms with E-state index < -0.39 is 15.8 Å². The lowest BCUT2D eigenvalue weighted by molar-refractivity contribution is 0.377. The fourth-order valence-corrected chi connectivity index (χ4v) is 2.64. The highest BCUT2D eigenvalue weighted by atomic mass is 32.2. The zero-order chi connectivity index (χ0) is 14.6. The third-order valence-corrected chi connectivity index (χ3v) is 4.04. The molecule has 0 bridgehead atoms. The lowest BCUT2D eigenvalue weighted by Crippen LogP contribution is -2.26. The number of rotatable bonds is 6. The van der Waals surface area contributed by atoms with Crippen LogP contribution in [0.3, 0.4) is 0 Å². The number of halogens is 1. The van der Waals surface area contributed by atoms with Crippen molar-refractivity contribution < 1.29 is 17.3 Å². The fourth-order valence-electron chi connectivity index (χ4n) is 1.56. The maximum absolute atomic E-state index is 13.3. The summed E-state index contributed by atoms with van der Waals surface area (Å²) in [5.74, 6) is -0.202. The summed E-state index contributed by atoms with van der Waals surface area (Å²) in [5, 5.41) is 3.41. The van der Waals surface area contributed by atoms with E-state index in [1.807, 2.05) is 0 Å². The van der Waals surface area contributed by atoms with Crippen LogP contribution in [0, 0.1) is 5.82 Å². The van der Waals surface area contributed by atoms with E-state index in [4.69, 9.17) is 10.3 Å². The van der Waals surface area contributed by atoms with Gasteiger partial charge < -0.3 is 10.3 Å². The normalized spacial score (nSPS) is 11.7. The zero-order valence-electron chi connectivity index (χ0n) is 10.4. The van der Waals surface area contributed by atoms with Crippen molar-refractivity contribution in [2.24, 2.45) is 5.73 Å². The number of nitrogens with two attached hydrogens (primary N) is 1. The van der Waals surface area contributed by atoms with Gasteiger partial charge in [-0.2, -0.15) is 4.98 Å². The Hall–Kier alpha value is -1.84. The van der Waals surface area contributed by atoms with Crippen molar-refractivity contribution in [1.82, 2.24) is 14.9 Å². The van der Waals surface area contributed by atoms with Crippen molar-refractivity contribution in [3.63, 3.8) is 0 Å². The number of hydrogen-bond donors (Lipinski definition) is 2. The monoisotopic (exact) mass is 300 g/mol. The molecule has 1 heterocycles. The van der Waals surface area contributed by atoms with Crippen LogP contribution in [0.4, 0.5) is 4.39 Å². The molecule has 0 amide bonds. The lowest BCUT2D eigenvalue weighted by Gasteiger charge is -2.07. The number of sulfonamides is 1. The molecule has 0 fully saturated rings. The summed E-state index contributed by atoms with van der Waals surface area (Å²) in [6, 6.07) is 3.47. The van der Waals surface area contributed by atoms with Gasteiger partial charge in [-0.1, -0.05) is 5.16 Å². The molecule has 0 spiro atoms. The first-order chi connectivity index (χ1) is 9.53. The van der Waals surface area contributed by atoms with Gasteiger partial charge in [0.05, 0.1) is 4.90 Å². The van der Waals surface area contributed by atoms with Crippen molar-refractivity contribution >= 4 is 10.0 Å². The predicted molar refractivity (Wildman–Crippen MR) is 67.5 cm³/mol. The minimum absolute atomic E-state index is 0.0371. The second-order valence-electron chi connectivity index (χ2n) is 3.94. The molecule has 0 aliphatic heterocycles. The van der Waals surface area contributed by atoms with Crippen molar-refractivity contribution in [3.8, 4) is 0 Å². The summed E-state index contributed by atoms with van der Waals surface area (Å²) in [6.07, 6.45) is 1.50. The summed E-state index contributed by atoms with van der Waals surface area (Å²) in [6.45, 7) is 0.0248. The van der Waals surface area contributed by atoms with Crippen molar-refractivity contribution in [1.29, 1.82) is 0 Å². The molecule has 108 valence electrons. The maximum Gasteiger partial charge on any atom is 0.240 e. The zero-order valence-corrected chi connectivity index (χ0v) is 11.2. The van der Waals surface area contributed by atoms with Gasteiger partial charge in [-0.05, 0) is 18.2 Å². The molecule has 0 saturated carbocycles. The fraction of sp³-hybridized carbons (Fsp3) is 0.273. The molecule has 1 aromatic heterocycles. The third-order valence-electron chi connectivity index (χ3n) is 2.59. The van der Waals surface area contributed by atoms with Gasteiger partial charge in [0.15, 0.2) is 6.33 Å². The quantitative estimate of drug-likeness (QED) is 0.787. The number of nitrogens with zero attached hydrogens (tertiary/aromatic N) is 2. The van der Waals surface area contributed by atoms with Crippen LogP contribution < -0.4 is 10.5 Å². The summed E-state index contributed by atoms with van der Waals surface area (Å²) in [4.78, 5) is 3.73. The van der Waals surface area contributed by atoms with Gasteiger partial charge in [-0.15, -0.1) is 0 Å². The number of aromatic nitrogens is 2. The Kier molecular flexibility index (Phi) is 4.42. The summed E-state index contributed by atoms with van der Waals surface area (Å²) in [7, 11) is -3.72. The first kappa shape index (κ1) is 14.6. The maximum atomic E-state index is 13.3. The average Bonchev–Trinajstić information content (AvgIpc) is 2.92. The van der Waals surface area contributed by atoms with Crippen LogP contribution in [0.2, 0.25) is 0 Å². The van der Waals surface area contributed by atoms with Gasteiger partial charge in [0.25, 0.3) is 0 Å². The highest BCUT2D eigenvalue weighted by molar-refractivity contribution is 7.89. The molecule has 0 atom stereocenters. The largest absolute Gasteiger partial charge is 0.340 e. The summed E-state index contributed by atoms with van der Waals surface area (Å²) < 4.78 is 44.4. The van der Waals surface area contributed by atoms with Gasteiger partial charge in [0, 0.05) is 25.1 Å². The Labute approximate surface area is 115 Å². The third kappa shape index (κ3) is 3.38. The molecule has 1 aromatic carbocycles. The Morgan fingerprint density at radius 2 is 2.20 bits per heavy atom. The molecule has 0 aliphatic carbocycles. The molecule has 20 heavy (non-hydrogen) atoms. The lowest BCUT2D eigenvalue weighted by atomic mass is 10.2. The number of hydrogen-bond acceptors (Lipinski definition) is 6. The Morgan fingerprint density at radius 1 is 1.40 bits per heavy atom. The van der Waals surface area contributed by atoms with Gasteiger partial charge >= 0.3 is 0 Å². The van der Waals surface area contributed by atoms with Crippen LogP contribution in [-0.2, 0) is 23.0 Å². The van der Waals surface area contributed by atoms with Gasteiger partial charge in [0.1, 0.15) is 5.82 Å².